The van der Waals surface area contributed by atoms with Crippen LogP contribution in [0.3, 0.4) is 0 Å². The third-order valence-electron chi connectivity index (χ3n) is 3.31. The highest BCUT2D eigenvalue weighted by Gasteiger charge is 2.35. The van der Waals surface area contributed by atoms with Crippen molar-refractivity contribution in [3.05, 3.63) is 0 Å². The Morgan fingerprint density at radius 3 is 2.25 bits per heavy atom. The standard InChI is InChI=1S/C13H24O3/c1-12(2,3)16-11(15)10-5-7-13(4,9-14)8-6-10/h10,14H,5-9H2,1-4H3. The minimum Gasteiger partial charge on any atom is -0.460 e. The molecule has 1 N–H and O–H groups in total. The second-order valence-electron chi connectivity index (χ2n) is 6.28. The highest BCUT2D eigenvalue weighted by atomic mass is 16.6. The predicted molar refractivity (Wildman–Crippen MR) is 63.0 cm³/mol. The van der Waals surface area contributed by atoms with Crippen molar-refractivity contribution in [2.75, 3.05) is 6.61 Å². The molecule has 0 bridgehead atoms. The third-order valence-corrected chi connectivity index (χ3v) is 3.31. The fourth-order valence-corrected chi connectivity index (χ4v) is 2.09. The molecule has 0 amide bonds. The lowest BCUT2D eigenvalue weighted by Crippen LogP contribution is -2.34. The van der Waals surface area contributed by atoms with Crippen LogP contribution in [0.4, 0.5) is 0 Å². The van der Waals surface area contributed by atoms with Gasteiger partial charge in [0.05, 0.1) is 5.92 Å². The van der Waals surface area contributed by atoms with Gasteiger partial charge < -0.3 is 9.84 Å². The van der Waals surface area contributed by atoms with Crippen molar-refractivity contribution < 1.29 is 14.6 Å². The third kappa shape index (κ3) is 3.78. The molecule has 0 spiro atoms. The van der Waals surface area contributed by atoms with Crippen molar-refractivity contribution in [3.63, 3.8) is 0 Å². The zero-order valence-corrected chi connectivity index (χ0v) is 10.9. The maximum atomic E-state index is 11.8. The van der Waals surface area contributed by atoms with Crippen LogP contribution in [0.5, 0.6) is 0 Å². The van der Waals surface area contributed by atoms with E-state index in [-0.39, 0.29) is 23.9 Å². The van der Waals surface area contributed by atoms with E-state index in [9.17, 15) is 9.90 Å². The summed E-state index contributed by atoms with van der Waals surface area (Å²) in [6.45, 7) is 7.98. The number of esters is 1. The summed E-state index contributed by atoms with van der Waals surface area (Å²) in [5, 5.41) is 9.25. The Bertz CT molecular complexity index is 244. The zero-order valence-electron chi connectivity index (χ0n) is 10.9. The highest BCUT2D eigenvalue weighted by Crippen LogP contribution is 2.38. The maximum Gasteiger partial charge on any atom is 0.309 e. The van der Waals surface area contributed by atoms with Crippen molar-refractivity contribution in [3.8, 4) is 0 Å². The Hall–Kier alpha value is -0.570. The van der Waals surface area contributed by atoms with Gasteiger partial charge in [0.25, 0.3) is 0 Å². The number of hydrogen-bond acceptors (Lipinski definition) is 3. The number of hydrogen-bond donors (Lipinski definition) is 1. The molecule has 3 nitrogen and oxygen atoms in total. The van der Waals surface area contributed by atoms with Gasteiger partial charge in [-0.2, -0.15) is 0 Å². The first kappa shape index (κ1) is 13.5. The molecular weight excluding hydrogens is 204 g/mol. The van der Waals surface area contributed by atoms with Crippen molar-refractivity contribution in [2.24, 2.45) is 11.3 Å². The van der Waals surface area contributed by atoms with E-state index in [1.165, 1.54) is 0 Å². The van der Waals surface area contributed by atoms with Gasteiger partial charge in [-0.15, -0.1) is 0 Å². The lowest BCUT2D eigenvalue weighted by atomic mass is 9.72. The summed E-state index contributed by atoms with van der Waals surface area (Å²) in [4.78, 5) is 11.8. The lowest BCUT2D eigenvalue weighted by molar-refractivity contribution is -0.162. The topological polar surface area (TPSA) is 46.5 Å². The molecule has 0 aromatic heterocycles. The van der Waals surface area contributed by atoms with Crippen LogP contribution in [0, 0.1) is 11.3 Å². The molecule has 0 radical (unpaired) electrons. The van der Waals surface area contributed by atoms with E-state index in [2.05, 4.69) is 6.92 Å². The Kier molecular flexibility index (Phi) is 4.00. The molecule has 16 heavy (non-hydrogen) atoms. The summed E-state index contributed by atoms with van der Waals surface area (Å²) in [6.07, 6.45) is 3.50. The summed E-state index contributed by atoms with van der Waals surface area (Å²) in [5.74, 6) is -0.0497. The van der Waals surface area contributed by atoms with Gasteiger partial charge in [-0.25, -0.2) is 0 Å². The Morgan fingerprint density at radius 2 is 1.88 bits per heavy atom. The summed E-state index contributed by atoms with van der Waals surface area (Å²) in [6, 6.07) is 0. The van der Waals surface area contributed by atoms with E-state index in [0.29, 0.717) is 0 Å². The van der Waals surface area contributed by atoms with Crippen LogP contribution >= 0.6 is 0 Å². The molecule has 3 heteroatoms. The molecule has 0 unspecified atom stereocenters. The average Bonchev–Trinajstić information content (AvgIpc) is 2.16. The molecule has 94 valence electrons. The summed E-state index contributed by atoms with van der Waals surface area (Å²) in [5.41, 5.74) is -0.382. The summed E-state index contributed by atoms with van der Waals surface area (Å²) in [7, 11) is 0. The summed E-state index contributed by atoms with van der Waals surface area (Å²) >= 11 is 0. The molecule has 0 aromatic rings. The number of ether oxygens (including phenoxy) is 1. The van der Waals surface area contributed by atoms with E-state index >= 15 is 0 Å². The van der Waals surface area contributed by atoms with Crippen LogP contribution in [-0.2, 0) is 9.53 Å². The van der Waals surface area contributed by atoms with Gasteiger partial charge in [-0.1, -0.05) is 6.92 Å². The van der Waals surface area contributed by atoms with E-state index in [4.69, 9.17) is 4.74 Å². The van der Waals surface area contributed by atoms with Crippen LogP contribution in [0.15, 0.2) is 0 Å². The SMILES string of the molecule is CC1(CO)CCC(C(=O)OC(C)(C)C)CC1. The molecule has 1 saturated carbocycles. The number of rotatable bonds is 2. The Morgan fingerprint density at radius 1 is 1.38 bits per heavy atom. The molecule has 1 aliphatic rings. The second kappa shape index (κ2) is 4.74. The molecule has 0 aromatic carbocycles. The zero-order chi connectivity index (χ0) is 12.4. The summed E-state index contributed by atoms with van der Waals surface area (Å²) < 4.78 is 5.38. The van der Waals surface area contributed by atoms with E-state index in [0.717, 1.165) is 25.7 Å². The van der Waals surface area contributed by atoms with Crippen molar-refractivity contribution >= 4 is 5.97 Å². The number of aliphatic hydroxyl groups is 1. The van der Waals surface area contributed by atoms with Gasteiger partial charge in [0.15, 0.2) is 0 Å². The molecular formula is C13H24O3. The minimum atomic E-state index is -0.394. The smallest absolute Gasteiger partial charge is 0.309 e. The van der Waals surface area contributed by atoms with Gasteiger partial charge in [-0.3, -0.25) is 4.79 Å². The van der Waals surface area contributed by atoms with Crippen LogP contribution < -0.4 is 0 Å². The number of carbonyl (C=O) groups is 1. The van der Waals surface area contributed by atoms with E-state index in [1.54, 1.807) is 0 Å². The van der Waals surface area contributed by atoms with Crippen LogP contribution in [-0.4, -0.2) is 23.3 Å². The molecule has 0 aliphatic heterocycles. The van der Waals surface area contributed by atoms with Crippen LogP contribution in [0.25, 0.3) is 0 Å². The molecule has 1 aliphatic carbocycles. The predicted octanol–water partition coefficient (Wildman–Crippen LogP) is 2.52. The molecule has 0 heterocycles. The largest absolute Gasteiger partial charge is 0.460 e. The number of aliphatic hydroxyl groups excluding tert-OH is 1. The fourth-order valence-electron chi connectivity index (χ4n) is 2.09. The fraction of sp³-hybridized carbons (Fsp3) is 0.923. The van der Waals surface area contributed by atoms with E-state index < -0.39 is 5.60 Å². The normalized spacial score (nSPS) is 31.2. The Balaban J connectivity index is 2.45. The first-order valence-electron chi connectivity index (χ1n) is 6.09. The molecule has 1 rings (SSSR count). The van der Waals surface area contributed by atoms with E-state index in [1.807, 2.05) is 20.8 Å². The van der Waals surface area contributed by atoms with Gasteiger partial charge in [0, 0.05) is 6.61 Å². The van der Waals surface area contributed by atoms with Crippen molar-refractivity contribution in [1.29, 1.82) is 0 Å². The highest BCUT2D eigenvalue weighted by molar-refractivity contribution is 5.73. The first-order valence-corrected chi connectivity index (χ1v) is 6.09. The van der Waals surface area contributed by atoms with Crippen molar-refractivity contribution in [1.82, 2.24) is 0 Å². The van der Waals surface area contributed by atoms with Gasteiger partial charge in [0.2, 0.25) is 0 Å². The quantitative estimate of drug-likeness (QED) is 0.739. The maximum absolute atomic E-state index is 11.8. The van der Waals surface area contributed by atoms with Crippen LogP contribution in [0.1, 0.15) is 53.4 Å². The second-order valence-corrected chi connectivity index (χ2v) is 6.28. The number of carbonyl (C=O) groups excluding carboxylic acids is 1. The minimum absolute atomic E-state index is 0.0124. The van der Waals surface area contributed by atoms with Crippen LogP contribution in [0.2, 0.25) is 0 Å². The first-order chi connectivity index (χ1) is 7.26. The van der Waals surface area contributed by atoms with Gasteiger partial charge in [0.1, 0.15) is 5.60 Å². The van der Waals surface area contributed by atoms with Gasteiger partial charge >= 0.3 is 5.97 Å². The Labute approximate surface area is 98.2 Å². The lowest BCUT2D eigenvalue weighted by Gasteiger charge is -2.35. The molecule has 0 atom stereocenters. The monoisotopic (exact) mass is 228 g/mol. The van der Waals surface area contributed by atoms with Crippen molar-refractivity contribution in [2.45, 2.75) is 59.0 Å². The van der Waals surface area contributed by atoms with Gasteiger partial charge in [-0.05, 0) is 51.9 Å². The molecule has 1 fully saturated rings. The average molecular weight is 228 g/mol. The molecule has 0 saturated heterocycles.